The van der Waals surface area contributed by atoms with Gasteiger partial charge in [0.15, 0.2) is 5.78 Å². The van der Waals surface area contributed by atoms with Crippen LogP contribution in [0.1, 0.15) is 52.1 Å². The molecule has 2 aromatic carbocycles. The Morgan fingerprint density at radius 3 is 2.75 bits per heavy atom. The van der Waals surface area contributed by atoms with Gasteiger partial charge in [-0.05, 0) is 55.9 Å². The predicted octanol–water partition coefficient (Wildman–Crippen LogP) is 4.07. The molecule has 0 unspecified atom stereocenters. The average Bonchev–Trinajstić information content (AvgIpc) is 3.46. The van der Waals surface area contributed by atoms with Gasteiger partial charge in [-0.15, -0.1) is 0 Å². The normalized spacial score (nSPS) is 16.2. The van der Waals surface area contributed by atoms with Crippen molar-refractivity contribution in [3.8, 4) is 5.69 Å². The summed E-state index contributed by atoms with van der Waals surface area (Å²) < 4.78 is 2.18. The van der Waals surface area contributed by atoms with Crippen LogP contribution >= 0.6 is 0 Å². The highest BCUT2D eigenvalue weighted by Crippen LogP contribution is 2.36. The Hall–Kier alpha value is -3.08. The van der Waals surface area contributed by atoms with Gasteiger partial charge in [-0.1, -0.05) is 18.2 Å². The number of primary amides is 1. The van der Waals surface area contributed by atoms with E-state index in [0.717, 1.165) is 52.9 Å². The number of carbonyl (C=O) groups excluding carboxylic acids is 2. The lowest BCUT2D eigenvalue weighted by Crippen LogP contribution is -2.16. The average molecular weight is 373 g/mol. The molecule has 5 heteroatoms. The molecule has 3 N–H and O–H groups in total. The summed E-state index contributed by atoms with van der Waals surface area (Å²) in [5, 5.41) is 4.42. The maximum Gasteiger partial charge on any atom is 0.250 e. The third kappa shape index (κ3) is 2.78. The Kier molecular flexibility index (Phi) is 3.97. The molecule has 0 bridgehead atoms. The predicted molar refractivity (Wildman–Crippen MR) is 110 cm³/mol. The molecular weight excluding hydrogens is 350 g/mol. The van der Waals surface area contributed by atoms with E-state index in [1.54, 1.807) is 6.07 Å². The number of amides is 1. The summed E-state index contributed by atoms with van der Waals surface area (Å²) in [7, 11) is 0. The second-order valence-corrected chi connectivity index (χ2v) is 7.87. The second kappa shape index (κ2) is 6.51. The third-order valence-corrected chi connectivity index (χ3v) is 5.87. The summed E-state index contributed by atoms with van der Waals surface area (Å²) in [5.74, 6) is 0.471. The Bertz CT molecular complexity index is 1110. The first-order valence-electron chi connectivity index (χ1n) is 9.97. The van der Waals surface area contributed by atoms with E-state index in [1.165, 1.54) is 12.8 Å². The van der Waals surface area contributed by atoms with Crippen LogP contribution in [0.3, 0.4) is 0 Å². The van der Waals surface area contributed by atoms with Crippen LogP contribution in [-0.2, 0) is 6.42 Å². The molecule has 1 amide bonds. The van der Waals surface area contributed by atoms with Gasteiger partial charge in [0, 0.05) is 41.0 Å². The summed E-state index contributed by atoms with van der Waals surface area (Å²) in [4.78, 5) is 24.6. The zero-order chi connectivity index (χ0) is 19.3. The first-order chi connectivity index (χ1) is 13.6. The van der Waals surface area contributed by atoms with Crippen molar-refractivity contribution in [3.63, 3.8) is 0 Å². The van der Waals surface area contributed by atoms with Gasteiger partial charge in [0.05, 0.1) is 11.1 Å². The van der Waals surface area contributed by atoms with Crippen LogP contribution in [0.5, 0.6) is 0 Å². The fourth-order valence-electron chi connectivity index (χ4n) is 4.29. The van der Waals surface area contributed by atoms with Crippen molar-refractivity contribution in [3.05, 3.63) is 59.3 Å². The molecule has 2 aliphatic rings. The molecule has 1 heterocycles. The summed E-state index contributed by atoms with van der Waals surface area (Å²) in [6, 6.07) is 13.8. The van der Waals surface area contributed by atoms with E-state index in [4.69, 9.17) is 5.73 Å². The second-order valence-electron chi connectivity index (χ2n) is 7.87. The lowest BCUT2D eigenvalue weighted by molar-refractivity contribution is 0.0971. The topological polar surface area (TPSA) is 77.1 Å². The van der Waals surface area contributed by atoms with Crippen molar-refractivity contribution in [2.75, 3.05) is 11.9 Å². The van der Waals surface area contributed by atoms with Gasteiger partial charge in [0.2, 0.25) is 0 Å². The van der Waals surface area contributed by atoms with Gasteiger partial charge >= 0.3 is 0 Å². The number of hydrogen-bond acceptors (Lipinski definition) is 3. The molecule has 0 radical (unpaired) electrons. The number of anilines is 1. The SMILES string of the molecule is NC(=O)c1ccc(-n2c3c(c4ccccc42)C(=O)CCC3)cc1NCC1CC1. The summed E-state index contributed by atoms with van der Waals surface area (Å²) >= 11 is 0. The van der Waals surface area contributed by atoms with Gasteiger partial charge in [0.25, 0.3) is 5.91 Å². The Morgan fingerprint density at radius 1 is 1.14 bits per heavy atom. The summed E-state index contributed by atoms with van der Waals surface area (Å²) in [5.41, 5.74) is 10.8. The quantitative estimate of drug-likeness (QED) is 0.708. The Labute approximate surface area is 163 Å². The van der Waals surface area contributed by atoms with Gasteiger partial charge in [-0.25, -0.2) is 0 Å². The number of nitrogens with two attached hydrogens (primary N) is 1. The highest BCUT2D eigenvalue weighted by Gasteiger charge is 2.27. The number of benzene rings is 2. The lowest BCUT2D eigenvalue weighted by Gasteiger charge is -2.17. The molecule has 1 fully saturated rings. The first kappa shape index (κ1) is 17.0. The van der Waals surface area contributed by atoms with Crippen LogP contribution in [0.4, 0.5) is 5.69 Å². The fraction of sp³-hybridized carbons (Fsp3) is 0.304. The third-order valence-electron chi connectivity index (χ3n) is 5.87. The van der Waals surface area contributed by atoms with E-state index >= 15 is 0 Å². The molecule has 5 rings (SSSR count). The highest BCUT2D eigenvalue weighted by molar-refractivity contribution is 6.10. The molecule has 0 aliphatic heterocycles. The molecule has 28 heavy (non-hydrogen) atoms. The van der Waals surface area contributed by atoms with Crippen LogP contribution in [-0.4, -0.2) is 22.8 Å². The summed E-state index contributed by atoms with van der Waals surface area (Å²) in [6.07, 6.45) is 4.81. The smallest absolute Gasteiger partial charge is 0.250 e. The minimum absolute atomic E-state index is 0.219. The van der Waals surface area contributed by atoms with E-state index in [-0.39, 0.29) is 5.78 Å². The Balaban J connectivity index is 1.69. The number of rotatable bonds is 5. The fourth-order valence-corrected chi connectivity index (χ4v) is 4.29. The molecule has 0 saturated heterocycles. The van der Waals surface area contributed by atoms with E-state index in [0.29, 0.717) is 17.9 Å². The van der Waals surface area contributed by atoms with Gasteiger partial charge < -0.3 is 15.6 Å². The molecular formula is C23H23N3O2. The van der Waals surface area contributed by atoms with E-state index in [1.807, 2.05) is 30.3 Å². The highest BCUT2D eigenvalue weighted by atomic mass is 16.1. The number of carbonyl (C=O) groups is 2. The number of aromatic nitrogens is 1. The van der Waals surface area contributed by atoms with Gasteiger partial charge in [-0.2, -0.15) is 0 Å². The molecule has 0 spiro atoms. The lowest BCUT2D eigenvalue weighted by atomic mass is 9.94. The van der Waals surface area contributed by atoms with Crippen LogP contribution in [0.15, 0.2) is 42.5 Å². The summed E-state index contributed by atoms with van der Waals surface area (Å²) in [6.45, 7) is 0.854. The number of Topliss-reactive ketones (excluding diaryl/α,β-unsaturated/α-hetero) is 1. The van der Waals surface area contributed by atoms with Crippen LogP contribution in [0.2, 0.25) is 0 Å². The standard InChI is InChI=1S/C23H23N3O2/c24-23(28)16-11-10-15(12-18(16)25-13-14-8-9-14)26-19-5-2-1-4-17(19)22-20(26)6-3-7-21(22)27/h1-2,4-5,10-12,14,25H,3,6-9,13H2,(H2,24,28). The molecule has 1 aromatic heterocycles. The van der Waals surface area contributed by atoms with Gasteiger partial charge in [0.1, 0.15) is 0 Å². The number of para-hydroxylation sites is 1. The van der Waals surface area contributed by atoms with Crippen molar-refractivity contribution in [2.45, 2.75) is 32.1 Å². The van der Waals surface area contributed by atoms with E-state index in [9.17, 15) is 9.59 Å². The van der Waals surface area contributed by atoms with E-state index < -0.39 is 5.91 Å². The van der Waals surface area contributed by atoms with E-state index in [2.05, 4.69) is 16.0 Å². The van der Waals surface area contributed by atoms with Crippen molar-refractivity contribution < 1.29 is 9.59 Å². The van der Waals surface area contributed by atoms with Crippen molar-refractivity contribution in [1.82, 2.24) is 4.57 Å². The molecule has 1 saturated carbocycles. The number of hydrogen-bond donors (Lipinski definition) is 2. The Morgan fingerprint density at radius 2 is 1.96 bits per heavy atom. The van der Waals surface area contributed by atoms with Crippen molar-refractivity contribution >= 4 is 28.3 Å². The largest absolute Gasteiger partial charge is 0.384 e. The molecule has 5 nitrogen and oxygen atoms in total. The van der Waals surface area contributed by atoms with Crippen LogP contribution in [0, 0.1) is 5.92 Å². The maximum atomic E-state index is 12.7. The minimum atomic E-state index is -0.431. The molecule has 0 atom stereocenters. The number of nitrogens with one attached hydrogen (secondary N) is 1. The molecule has 3 aromatic rings. The van der Waals surface area contributed by atoms with Crippen molar-refractivity contribution in [1.29, 1.82) is 0 Å². The number of ketones is 1. The molecule has 2 aliphatic carbocycles. The zero-order valence-electron chi connectivity index (χ0n) is 15.7. The van der Waals surface area contributed by atoms with Gasteiger partial charge in [-0.3, -0.25) is 9.59 Å². The van der Waals surface area contributed by atoms with Crippen molar-refractivity contribution in [2.24, 2.45) is 11.7 Å². The number of fused-ring (bicyclic) bond motifs is 3. The maximum absolute atomic E-state index is 12.7. The van der Waals surface area contributed by atoms with Crippen LogP contribution < -0.4 is 11.1 Å². The monoisotopic (exact) mass is 373 g/mol. The molecule has 142 valence electrons. The first-order valence-corrected chi connectivity index (χ1v) is 9.97. The van der Waals surface area contributed by atoms with Crippen LogP contribution in [0.25, 0.3) is 16.6 Å². The minimum Gasteiger partial charge on any atom is -0.384 e. The zero-order valence-corrected chi connectivity index (χ0v) is 15.7. The number of nitrogens with zero attached hydrogens (tertiary/aromatic N) is 1.